The van der Waals surface area contributed by atoms with Crippen LogP contribution in [0.5, 0.6) is 0 Å². The number of rotatable bonds is 2. The molecule has 1 rings (SSSR count). The molecule has 1 fully saturated rings. The highest BCUT2D eigenvalue weighted by atomic mass is 31.2. The smallest absolute Gasteiger partial charge is 0.460 e. The highest BCUT2D eigenvalue weighted by Crippen LogP contribution is 2.52. The zero-order chi connectivity index (χ0) is 9.35. The summed E-state index contributed by atoms with van der Waals surface area (Å²) in [6.07, 6.45) is -2.10. The van der Waals surface area contributed by atoms with Gasteiger partial charge in [0.15, 0.2) is 0 Å². The van der Waals surface area contributed by atoms with E-state index in [-0.39, 0.29) is 6.42 Å². The fourth-order valence-electron chi connectivity index (χ4n) is 0.942. The second kappa shape index (κ2) is 3.11. The molecule has 7 heteroatoms. The van der Waals surface area contributed by atoms with Gasteiger partial charge in [-0.25, -0.2) is 4.57 Å². The van der Waals surface area contributed by atoms with Crippen LogP contribution in [0.3, 0.4) is 0 Å². The zero-order valence-electron chi connectivity index (χ0n) is 6.20. The summed E-state index contributed by atoms with van der Waals surface area (Å²) in [6.45, 7) is 1.41. The Kier molecular flexibility index (Phi) is 2.49. The Bertz CT molecular complexity index is 238. The monoisotopic (exact) mass is 200 g/mol. The van der Waals surface area contributed by atoms with E-state index in [2.05, 4.69) is 9.26 Å². The van der Waals surface area contributed by atoms with E-state index in [0.717, 1.165) is 0 Å². The van der Waals surface area contributed by atoms with E-state index in [1.165, 1.54) is 6.92 Å². The van der Waals surface area contributed by atoms with Crippen LogP contribution in [0, 0.1) is 0 Å². The summed E-state index contributed by atoms with van der Waals surface area (Å²) < 4.78 is 41.9. The van der Waals surface area contributed by atoms with Gasteiger partial charge in [0.05, 0.1) is 6.42 Å². The molecule has 1 heterocycles. The molecular formula is C5H7F2O4P. The second-order valence-corrected chi connectivity index (χ2v) is 3.50. The van der Waals surface area contributed by atoms with E-state index < -0.39 is 26.2 Å². The van der Waals surface area contributed by atoms with Crippen molar-refractivity contribution in [1.29, 1.82) is 0 Å². The molecule has 0 radical (unpaired) electrons. The molecule has 1 saturated heterocycles. The van der Waals surface area contributed by atoms with Gasteiger partial charge in [-0.3, -0.25) is 9.32 Å². The average molecular weight is 200 g/mol. The van der Waals surface area contributed by atoms with Gasteiger partial charge in [0.25, 0.3) is 0 Å². The molecule has 0 aromatic rings. The van der Waals surface area contributed by atoms with Gasteiger partial charge in [-0.15, -0.1) is 8.39 Å². The van der Waals surface area contributed by atoms with Crippen LogP contribution in [0.25, 0.3) is 0 Å². The summed E-state index contributed by atoms with van der Waals surface area (Å²) in [5, 5.41) is 0. The minimum atomic E-state index is -5.51. The molecule has 0 spiro atoms. The van der Waals surface area contributed by atoms with Crippen molar-refractivity contribution < 1.29 is 27.0 Å². The first-order valence-electron chi connectivity index (χ1n) is 3.26. The largest absolute Gasteiger partial charge is 0.552 e. The molecule has 0 aliphatic carbocycles. The van der Waals surface area contributed by atoms with Crippen LogP contribution >= 0.6 is 7.99 Å². The quantitative estimate of drug-likeness (QED) is 0.503. The number of carbonyl (C=O) groups is 1. The maximum atomic E-state index is 11.8. The lowest BCUT2D eigenvalue weighted by molar-refractivity contribution is -0.141. The van der Waals surface area contributed by atoms with Crippen molar-refractivity contribution in [2.24, 2.45) is 0 Å². The Morgan fingerprint density at radius 3 is 2.58 bits per heavy atom. The molecule has 0 aromatic heterocycles. The first kappa shape index (κ1) is 9.61. The summed E-state index contributed by atoms with van der Waals surface area (Å²) in [7, 11) is -5.51. The highest BCUT2D eigenvalue weighted by Gasteiger charge is 2.38. The molecule has 1 aliphatic rings. The third-order valence-electron chi connectivity index (χ3n) is 1.47. The molecule has 2 unspecified atom stereocenters. The lowest BCUT2D eigenvalue weighted by Gasteiger charge is -2.11. The first-order valence-corrected chi connectivity index (χ1v) is 4.66. The van der Waals surface area contributed by atoms with Crippen molar-refractivity contribution in [2.45, 2.75) is 25.6 Å². The minimum absolute atomic E-state index is 0.265. The molecular weight excluding hydrogens is 193 g/mol. The summed E-state index contributed by atoms with van der Waals surface area (Å²) in [5.41, 5.74) is 0. The van der Waals surface area contributed by atoms with Gasteiger partial charge in [0.2, 0.25) is 0 Å². The predicted molar refractivity (Wildman–Crippen MR) is 34.9 cm³/mol. The standard InChI is InChI=1S/C5H7F2O4P/c1-3-4(2-5(8)10-3)11-12(6,7)9/h3-4H,2H2,1H3. The molecule has 12 heavy (non-hydrogen) atoms. The maximum Gasteiger partial charge on any atom is 0.552 e. The van der Waals surface area contributed by atoms with Gasteiger partial charge in [-0.05, 0) is 6.92 Å². The van der Waals surface area contributed by atoms with E-state index in [4.69, 9.17) is 0 Å². The number of ether oxygens (including phenoxy) is 1. The summed E-state index contributed by atoms with van der Waals surface area (Å²) in [5.74, 6) is -0.610. The fraction of sp³-hybridized carbons (Fsp3) is 0.800. The van der Waals surface area contributed by atoms with Crippen LogP contribution in [0.4, 0.5) is 8.39 Å². The lowest BCUT2D eigenvalue weighted by Crippen LogP contribution is -2.18. The molecule has 1 aliphatic heterocycles. The van der Waals surface area contributed by atoms with E-state index in [1.54, 1.807) is 0 Å². The number of carbonyl (C=O) groups excluding carboxylic acids is 1. The van der Waals surface area contributed by atoms with Crippen molar-refractivity contribution in [2.75, 3.05) is 0 Å². The number of hydrogen-bond donors (Lipinski definition) is 0. The van der Waals surface area contributed by atoms with Gasteiger partial charge in [0.1, 0.15) is 12.2 Å². The van der Waals surface area contributed by atoms with Crippen LogP contribution < -0.4 is 0 Å². The van der Waals surface area contributed by atoms with Gasteiger partial charge in [-0.1, -0.05) is 0 Å². The zero-order valence-corrected chi connectivity index (χ0v) is 7.09. The van der Waals surface area contributed by atoms with Crippen LogP contribution in [-0.4, -0.2) is 18.2 Å². The molecule has 0 bridgehead atoms. The summed E-state index contributed by atoms with van der Waals surface area (Å²) in [6, 6.07) is 0. The van der Waals surface area contributed by atoms with Crippen LogP contribution in [0.15, 0.2) is 0 Å². The van der Waals surface area contributed by atoms with Crippen molar-refractivity contribution in [3.63, 3.8) is 0 Å². The van der Waals surface area contributed by atoms with E-state index >= 15 is 0 Å². The number of cyclic esters (lactones) is 1. The highest BCUT2D eigenvalue weighted by molar-refractivity contribution is 7.47. The SMILES string of the molecule is CC1OC(=O)CC1OP(=O)(F)F. The molecule has 2 atom stereocenters. The lowest BCUT2D eigenvalue weighted by atomic mass is 10.2. The maximum absolute atomic E-state index is 11.8. The predicted octanol–water partition coefficient (Wildman–Crippen LogP) is 1.75. The molecule has 0 aromatic carbocycles. The number of halogens is 2. The Morgan fingerprint density at radius 2 is 2.25 bits per heavy atom. The van der Waals surface area contributed by atoms with Crippen LogP contribution in [0.1, 0.15) is 13.3 Å². The molecule has 4 nitrogen and oxygen atoms in total. The third kappa shape index (κ3) is 2.53. The van der Waals surface area contributed by atoms with Crippen LogP contribution in [0.2, 0.25) is 0 Å². The Morgan fingerprint density at radius 1 is 1.67 bits per heavy atom. The van der Waals surface area contributed by atoms with Gasteiger partial charge in [-0.2, -0.15) is 0 Å². The topological polar surface area (TPSA) is 52.6 Å². The Labute approximate surface area is 67.5 Å². The minimum Gasteiger partial charge on any atom is -0.460 e. The molecule has 0 saturated carbocycles. The van der Waals surface area contributed by atoms with Gasteiger partial charge in [0, 0.05) is 0 Å². The van der Waals surface area contributed by atoms with Crippen molar-refractivity contribution >= 4 is 14.0 Å². The van der Waals surface area contributed by atoms with E-state index in [9.17, 15) is 17.8 Å². The fourth-order valence-corrected chi connectivity index (χ4v) is 1.50. The van der Waals surface area contributed by atoms with Gasteiger partial charge < -0.3 is 4.74 Å². The van der Waals surface area contributed by atoms with Crippen molar-refractivity contribution in [3.05, 3.63) is 0 Å². The van der Waals surface area contributed by atoms with Crippen molar-refractivity contribution in [3.8, 4) is 0 Å². The number of esters is 1. The Hall–Kier alpha value is -0.480. The molecule has 0 N–H and O–H groups in total. The Balaban J connectivity index is 2.54. The average Bonchev–Trinajstić information content (AvgIpc) is 2.06. The summed E-state index contributed by atoms with van der Waals surface area (Å²) >= 11 is 0. The first-order chi connectivity index (χ1) is 5.38. The van der Waals surface area contributed by atoms with Crippen molar-refractivity contribution in [1.82, 2.24) is 0 Å². The molecule has 70 valence electrons. The second-order valence-electron chi connectivity index (χ2n) is 2.46. The number of hydrogen-bond acceptors (Lipinski definition) is 4. The molecule has 0 amide bonds. The third-order valence-corrected chi connectivity index (χ3v) is 1.98. The van der Waals surface area contributed by atoms with E-state index in [1.807, 2.05) is 0 Å². The normalized spacial score (nSPS) is 30.4. The van der Waals surface area contributed by atoms with Gasteiger partial charge >= 0.3 is 14.0 Å². The summed E-state index contributed by atoms with van der Waals surface area (Å²) in [4.78, 5) is 10.5. The van der Waals surface area contributed by atoms with Crippen LogP contribution in [-0.2, 0) is 18.6 Å². The van der Waals surface area contributed by atoms with E-state index in [0.29, 0.717) is 0 Å².